The van der Waals surface area contributed by atoms with Gasteiger partial charge in [0.1, 0.15) is 12.1 Å². The molecule has 4 rings (SSSR count). The number of nitrogens with one attached hydrogen (secondary N) is 2. The van der Waals surface area contributed by atoms with Gasteiger partial charge in [-0.15, -0.1) is 0 Å². The summed E-state index contributed by atoms with van der Waals surface area (Å²) >= 11 is 0. The summed E-state index contributed by atoms with van der Waals surface area (Å²) in [5.41, 5.74) is 1.46. The van der Waals surface area contributed by atoms with E-state index in [-0.39, 0.29) is 47.9 Å². The Morgan fingerprint density at radius 3 is 2.43 bits per heavy atom. The minimum Gasteiger partial charge on any atom is -0.378 e. The fourth-order valence-corrected chi connectivity index (χ4v) is 5.50. The first-order valence-electron chi connectivity index (χ1n) is 12.6. The van der Waals surface area contributed by atoms with E-state index in [4.69, 9.17) is 0 Å². The van der Waals surface area contributed by atoms with Gasteiger partial charge in [-0.05, 0) is 56.0 Å². The van der Waals surface area contributed by atoms with E-state index < -0.39 is 12.1 Å². The molecule has 3 fully saturated rings. The summed E-state index contributed by atoms with van der Waals surface area (Å²) in [6.45, 7) is 5.93. The molecule has 3 amide bonds. The van der Waals surface area contributed by atoms with Gasteiger partial charge in [0.05, 0.1) is 18.5 Å². The van der Waals surface area contributed by atoms with Gasteiger partial charge < -0.3 is 25.3 Å². The summed E-state index contributed by atoms with van der Waals surface area (Å²) in [6, 6.07) is 5.60. The molecule has 1 aromatic rings. The van der Waals surface area contributed by atoms with Crippen LogP contribution in [-0.2, 0) is 14.4 Å². The third-order valence-electron chi connectivity index (χ3n) is 7.35. The van der Waals surface area contributed by atoms with E-state index in [1.807, 2.05) is 45.0 Å². The minimum atomic E-state index is -0.730. The number of carbonyl (C=O) groups excluding carboxylic acids is 4. The maximum absolute atomic E-state index is 13.7. The highest BCUT2D eigenvalue weighted by Gasteiger charge is 2.53. The number of rotatable bonds is 7. The van der Waals surface area contributed by atoms with Crippen molar-refractivity contribution in [2.75, 3.05) is 45.2 Å². The summed E-state index contributed by atoms with van der Waals surface area (Å²) in [5.74, 6) is -0.556. The Bertz CT molecular complexity index is 970. The lowest BCUT2D eigenvalue weighted by Gasteiger charge is -2.29. The predicted molar refractivity (Wildman–Crippen MR) is 133 cm³/mol. The molecular formula is C26H37N5O4. The van der Waals surface area contributed by atoms with Crippen LogP contribution in [0.3, 0.4) is 0 Å². The molecule has 0 aliphatic carbocycles. The van der Waals surface area contributed by atoms with Crippen LogP contribution in [0.25, 0.3) is 0 Å². The molecule has 0 aromatic heterocycles. The monoisotopic (exact) mass is 483 g/mol. The lowest BCUT2D eigenvalue weighted by Crippen LogP contribution is -2.53. The first kappa shape index (κ1) is 25.2. The van der Waals surface area contributed by atoms with Crippen molar-refractivity contribution in [1.29, 1.82) is 0 Å². The molecule has 3 heterocycles. The Morgan fingerprint density at radius 1 is 1.11 bits per heavy atom. The van der Waals surface area contributed by atoms with Crippen LogP contribution in [0.5, 0.6) is 0 Å². The van der Waals surface area contributed by atoms with Crippen molar-refractivity contribution >= 4 is 29.2 Å². The van der Waals surface area contributed by atoms with Gasteiger partial charge in [0.2, 0.25) is 11.8 Å². The van der Waals surface area contributed by atoms with Crippen molar-refractivity contribution in [3.8, 4) is 0 Å². The lowest BCUT2D eigenvalue weighted by atomic mass is 10.0. The second kappa shape index (κ2) is 10.4. The number of likely N-dealkylation sites (tertiary alicyclic amines) is 2. The van der Waals surface area contributed by atoms with Crippen molar-refractivity contribution in [1.82, 2.24) is 20.4 Å². The van der Waals surface area contributed by atoms with E-state index in [9.17, 15) is 19.2 Å². The highest BCUT2D eigenvalue weighted by atomic mass is 16.2. The van der Waals surface area contributed by atoms with Gasteiger partial charge in [0.15, 0.2) is 5.78 Å². The molecule has 9 heteroatoms. The Hall–Kier alpha value is -2.94. The van der Waals surface area contributed by atoms with Crippen LogP contribution in [0.1, 0.15) is 43.5 Å². The van der Waals surface area contributed by atoms with Crippen molar-refractivity contribution in [3.05, 3.63) is 29.8 Å². The fourth-order valence-electron chi connectivity index (χ4n) is 5.50. The number of nitrogens with zero attached hydrogens (tertiary/aromatic N) is 3. The van der Waals surface area contributed by atoms with E-state index in [0.717, 1.165) is 18.7 Å². The van der Waals surface area contributed by atoms with Crippen LogP contribution in [0.4, 0.5) is 5.69 Å². The molecule has 3 aliphatic heterocycles. The summed E-state index contributed by atoms with van der Waals surface area (Å²) in [7, 11) is 3.86. The van der Waals surface area contributed by atoms with E-state index >= 15 is 0 Å². The van der Waals surface area contributed by atoms with Crippen molar-refractivity contribution in [3.63, 3.8) is 0 Å². The third-order valence-corrected chi connectivity index (χ3v) is 7.35. The molecule has 3 aliphatic rings. The highest BCUT2D eigenvalue weighted by Crippen LogP contribution is 2.32. The Morgan fingerprint density at radius 2 is 1.83 bits per heavy atom. The summed E-state index contributed by atoms with van der Waals surface area (Å²) in [5, 5.41) is 6.13. The van der Waals surface area contributed by atoms with Crippen LogP contribution < -0.4 is 15.5 Å². The SMILES string of the molecule is CC(C)C[C@H](NC(=O)c1ccc(N(C)C)cc1)C(=O)N1CCC2[C@H]1C(=O)CN2C(=O)C1CCNC1. The van der Waals surface area contributed by atoms with Crippen LogP contribution in [-0.4, -0.2) is 91.7 Å². The predicted octanol–water partition coefficient (Wildman–Crippen LogP) is 0.887. The maximum Gasteiger partial charge on any atom is 0.251 e. The third kappa shape index (κ3) is 5.19. The van der Waals surface area contributed by atoms with Gasteiger partial charge in [-0.1, -0.05) is 13.8 Å². The number of hydrogen-bond donors (Lipinski definition) is 2. The van der Waals surface area contributed by atoms with E-state index in [0.29, 0.717) is 31.5 Å². The van der Waals surface area contributed by atoms with Gasteiger partial charge in [-0.3, -0.25) is 19.2 Å². The molecule has 3 saturated heterocycles. The molecule has 0 radical (unpaired) electrons. The van der Waals surface area contributed by atoms with E-state index in [1.54, 1.807) is 21.9 Å². The molecule has 4 atom stereocenters. The lowest BCUT2D eigenvalue weighted by molar-refractivity contribution is -0.138. The second-order valence-corrected chi connectivity index (χ2v) is 10.6. The average Bonchev–Trinajstić information content (AvgIpc) is 3.56. The Balaban J connectivity index is 1.47. The van der Waals surface area contributed by atoms with Crippen LogP contribution in [0.15, 0.2) is 24.3 Å². The molecule has 0 saturated carbocycles. The van der Waals surface area contributed by atoms with Gasteiger partial charge >= 0.3 is 0 Å². The number of carbonyl (C=O) groups is 4. The minimum absolute atomic E-state index is 0.0124. The zero-order valence-electron chi connectivity index (χ0n) is 21.1. The van der Waals surface area contributed by atoms with Gasteiger partial charge in [0, 0.05) is 38.4 Å². The number of benzene rings is 1. The number of hydrogen-bond acceptors (Lipinski definition) is 6. The molecule has 2 unspecified atom stereocenters. The summed E-state index contributed by atoms with van der Waals surface area (Å²) in [4.78, 5) is 57.9. The van der Waals surface area contributed by atoms with Crippen molar-refractivity contribution in [2.45, 2.75) is 51.2 Å². The molecule has 0 spiro atoms. The number of ketones is 1. The standard InChI is InChI=1S/C26H37N5O4/c1-16(2)13-20(28-24(33)17-5-7-19(8-6-17)29(3)4)26(35)30-12-10-21-23(30)22(32)15-31(21)25(34)18-9-11-27-14-18/h5-8,16,18,20-21,23,27H,9-15H2,1-4H3,(H,28,33)/t18?,20-,21?,23-/m0/s1. The topological polar surface area (TPSA) is 102 Å². The van der Waals surface area contributed by atoms with Crippen LogP contribution in [0.2, 0.25) is 0 Å². The number of fused-ring (bicyclic) bond motifs is 1. The van der Waals surface area contributed by atoms with Crippen LogP contribution >= 0.6 is 0 Å². The normalized spacial score (nSPS) is 24.6. The Kier molecular flexibility index (Phi) is 7.44. The summed E-state index contributed by atoms with van der Waals surface area (Å²) in [6.07, 6.45) is 1.84. The molecule has 9 nitrogen and oxygen atoms in total. The maximum atomic E-state index is 13.7. The molecule has 35 heavy (non-hydrogen) atoms. The smallest absolute Gasteiger partial charge is 0.251 e. The van der Waals surface area contributed by atoms with E-state index in [1.165, 1.54) is 0 Å². The Labute approximate surface area is 207 Å². The zero-order chi connectivity index (χ0) is 25.3. The van der Waals surface area contributed by atoms with E-state index in [2.05, 4.69) is 10.6 Å². The largest absolute Gasteiger partial charge is 0.378 e. The fraction of sp³-hybridized carbons (Fsp3) is 0.615. The summed E-state index contributed by atoms with van der Waals surface area (Å²) < 4.78 is 0. The number of anilines is 1. The molecule has 1 aromatic carbocycles. The van der Waals surface area contributed by atoms with Crippen molar-refractivity contribution < 1.29 is 19.2 Å². The first-order chi connectivity index (χ1) is 16.7. The molecule has 2 N–H and O–H groups in total. The van der Waals surface area contributed by atoms with Gasteiger partial charge in [0.25, 0.3) is 5.91 Å². The van der Waals surface area contributed by atoms with Gasteiger partial charge in [-0.2, -0.15) is 0 Å². The molecule has 0 bridgehead atoms. The van der Waals surface area contributed by atoms with Crippen LogP contribution in [0, 0.1) is 11.8 Å². The highest BCUT2D eigenvalue weighted by molar-refractivity contribution is 6.01. The number of amides is 3. The second-order valence-electron chi connectivity index (χ2n) is 10.6. The quantitative estimate of drug-likeness (QED) is 0.597. The number of Topliss-reactive ketones (excluding diaryl/α,β-unsaturated/α-hetero) is 1. The average molecular weight is 484 g/mol. The van der Waals surface area contributed by atoms with Gasteiger partial charge in [-0.25, -0.2) is 0 Å². The zero-order valence-corrected chi connectivity index (χ0v) is 21.1. The first-order valence-corrected chi connectivity index (χ1v) is 12.6. The molecule has 190 valence electrons. The molecular weight excluding hydrogens is 446 g/mol. The van der Waals surface area contributed by atoms with Crippen molar-refractivity contribution in [2.24, 2.45) is 11.8 Å².